The van der Waals surface area contributed by atoms with Crippen molar-refractivity contribution in [2.45, 2.75) is 44.4 Å². The standard InChI is InChI=1S/C26H28F2N4O3/c1-16-3-8-21-23(32(16)26(33)34-2)10-9-20(25(21)35-19-6-4-18(27)5-7-19)17-13-30-31(15-17)24-11-12-29-14-22(24)28/h4-7,9-10,13,15-16,22,24,29H,3,8,11-12,14H2,1-2H3/t16-,22+,24+/m0/s1. The number of aromatic nitrogens is 2. The fourth-order valence-corrected chi connectivity index (χ4v) is 4.91. The quantitative estimate of drug-likeness (QED) is 0.549. The van der Waals surface area contributed by atoms with Gasteiger partial charge in [-0.1, -0.05) is 0 Å². The number of amides is 1. The monoisotopic (exact) mass is 482 g/mol. The van der Waals surface area contributed by atoms with Crippen LogP contribution in [0.2, 0.25) is 0 Å². The lowest BCUT2D eigenvalue weighted by molar-refractivity contribution is 0.173. The zero-order chi connectivity index (χ0) is 24.5. The normalized spacial score (nSPS) is 21.9. The van der Waals surface area contributed by atoms with Crippen molar-refractivity contribution >= 4 is 11.8 Å². The van der Waals surface area contributed by atoms with Crippen molar-refractivity contribution in [1.82, 2.24) is 15.1 Å². The molecule has 9 heteroatoms. The van der Waals surface area contributed by atoms with E-state index in [1.54, 1.807) is 27.9 Å². The summed E-state index contributed by atoms with van der Waals surface area (Å²) in [6, 6.07) is 9.19. The Hall–Kier alpha value is -3.46. The number of anilines is 1. The molecule has 3 aromatic rings. The Morgan fingerprint density at radius 1 is 1.17 bits per heavy atom. The molecule has 5 rings (SSSR count). The molecule has 35 heavy (non-hydrogen) atoms. The molecule has 0 bridgehead atoms. The van der Waals surface area contributed by atoms with Gasteiger partial charge in [-0.25, -0.2) is 13.6 Å². The van der Waals surface area contributed by atoms with Gasteiger partial charge in [0.05, 0.1) is 25.0 Å². The maximum absolute atomic E-state index is 14.5. The zero-order valence-electron chi connectivity index (χ0n) is 19.7. The Balaban J connectivity index is 1.60. The van der Waals surface area contributed by atoms with E-state index in [0.29, 0.717) is 36.6 Å². The molecule has 2 aliphatic rings. The van der Waals surface area contributed by atoms with Crippen molar-refractivity contribution in [3.05, 3.63) is 60.2 Å². The summed E-state index contributed by atoms with van der Waals surface area (Å²) in [6.07, 6.45) is 4.14. The summed E-state index contributed by atoms with van der Waals surface area (Å²) < 4.78 is 41.1. The van der Waals surface area contributed by atoms with Crippen LogP contribution in [0.1, 0.15) is 31.4 Å². The maximum Gasteiger partial charge on any atom is 0.414 e. The van der Waals surface area contributed by atoms with E-state index < -0.39 is 12.3 Å². The van der Waals surface area contributed by atoms with Gasteiger partial charge in [0.1, 0.15) is 23.5 Å². The fraction of sp³-hybridized carbons (Fsp3) is 0.385. The molecule has 1 N–H and O–H groups in total. The molecule has 1 fully saturated rings. The molecular weight excluding hydrogens is 454 g/mol. The molecule has 3 atom stereocenters. The van der Waals surface area contributed by atoms with E-state index >= 15 is 0 Å². The number of piperidine rings is 1. The van der Waals surface area contributed by atoms with Crippen molar-refractivity contribution < 1.29 is 23.0 Å². The Labute approximate surface area is 202 Å². The topological polar surface area (TPSA) is 68.6 Å². The molecule has 1 aromatic heterocycles. The molecule has 0 saturated carbocycles. The summed E-state index contributed by atoms with van der Waals surface area (Å²) in [6.45, 7) is 3.02. The predicted molar refractivity (Wildman–Crippen MR) is 128 cm³/mol. The number of carbonyl (C=O) groups excluding carboxylic acids is 1. The van der Waals surface area contributed by atoms with Crippen LogP contribution in [-0.2, 0) is 11.2 Å². The summed E-state index contributed by atoms with van der Waals surface area (Å²) >= 11 is 0. The second kappa shape index (κ2) is 9.65. The van der Waals surface area contributed by atoms with Crippen molar-refractivity contribution in [2.24, 2.45) is 0 Å². The van der Waals surface area contributed by atoms with Crippen LogP contribution < -0.4 is 15.0 Å². The summed E-state index contributed by atoms with van der Waals surface area (Å²) in [7, 11) is 1.36. The van der Waals surface area contributed by atoms with Crippen LogP contribution in [0.25, 0.3) is 11.1 Å². The first-order valence-corrected chi connectivity index (χ1v) is 11.8. The van der Waals surface area contributed by atoms with Crippen LogP contribution in [-0.4, -0.2) is 48.3 Å². The van der Waals surface area contributed by atoms with Gasteiger partial charge in [-0.05, 0) is 69.1 Å². The maximum atomic E-state index is 14.5. The zero-order valence-corrected chi connectivity index (χ0v) is 19.7. The van der Waals surface area contributed by atoms with Crippen LogP contribution in [0, 0.1) is 5.82 Å². The largest absolute Gasteiger partial charge is 0.456 e. The third-order valence-electron chi connectivity index (χ3n) is 6.78. The lowest BCUT2D eigenvalue weighted by Crippen LogP contribution is -2.42. The molecule has 1 amide bonds. The number of fused-ring (bicyclic) bond motifs is 1. The summed E-state index contributed by atoms with van der Waals surface area (Å²) in [5.41, 5.74) is 3.11. The van der Waals surface area contributed by atoms with Crippen LogP contribution >= 0.6 is 0 Å². The van der Waals surface area contributed by atoms with E-state index in [1.807, 2.05) is 25.3 Å². The third-order valence-corrected chi connectivity index (χ3v) is 6.78. The molecule has 0 radical (unpaired) electrons. The molecule has 7 nitrogen and oxygen atoms in total. The van der Waals surface area contributed by atoms with Gasteiger partial charge in [0.25, 0.3) is 0 Å². The first-order chi connectivity index (χ1) is 17.0. The SMILES string of the molecule is COC(=O)N1c2ccc(-c3cnn([C@@H]4CCNC[C@H]4F)c3)c(Oc3ccc(F)cc3)c2CC[C@@H]1C. The number of alkyl halides is 1. The Kier molecular flexibility index (Phi) is 6.42. The summed E-state index contributed by atoms with van der Waals surface area (Å²) in [5.74, 6) is 0.679. The summed E-state index contributed by atoms with van der Waals surface area (Å²) in [4.78, 5) is 14.2. The highest BCUT2D eigenvalue weighted by Gasteiger charge is 2.33. The molecular formula is C26H28F2N4O3. The van der Waals surface area contributed by atoms with Gasteiger partial charge in [-0.15, -0.1) is 0 Å². The Bertz CT molecular complexity index is 1210. The number of methoxy groups -OCH3 is 1. The van der Waals surface area contributed by atoms with Gasteiger partial charge >= 0.3 is 6.09 Å². The lowest BCUT2D eigenvalue weighted by Gasteiger charge is -2.35. The van der Waals surface area contributed by atoms with Gasteiger partial charge in [-0.3, -0.25) is 9.58 Å². The minimum atomic E-state index is -1.02. The number of nitrogens with zero attached hydrogens (tertiary/aromatic N) is 3. The number of rotatable bonds is 4. The van der Waals surface area contributed by atoms with E-state index in [0.717, 1.165) is 29.7 Å². The first kappa shape index (κ1) is 23.3. The first-order valence-electron chi connectivity index (χ1n) is 11.8. The Morgan fingerprint density at radius 2 is 1.97 bits per heavy atom. The minimum Gasteiger partial charge on any atom is -0.456 e. The Morgan fingerprint density at radius 3 is 2.71 bits per heavy atom. The van der Waals surface area contributed by atoms with Gasteiger partial charge in [0.15, 0.2) is 0 Å². The van der Waals surface area contributed by atoms with Crippen molar-refractivity contribution in [2.75, 3.05) is 25.1 Å². The van der Waals surface area contributed by atoms with Crippen molar-refractivity contribution in [3.8, 4) is 22.6 Å². The fourth-order valence-electron chi connectivity index (χ4n) is 4.91. The third kappa shape index (κ3) is 4.48. The van der Waals surface area contributed by atoms with Crippen LogP contribution in [0.4, 0.5) is 19.3 Å². The number of benzene rings is 2. The summed E-state index contributed by atoms with van der Waals surface area (Å²) in [5, 5.41) is 7.53. The number of carbonyl (C=O) groups is 1. The van der Waals surface area contributed by atoms with E-state index in [4.69, 9.17) is 9.47 Å². The second-order valence-electron chi connectivity index (χ2n) is 9.01. The van der Waals surface area contributed by atoms with Crippen LogP contribution in [0.5, 0.6) is 11.5 Å². The minimum absolute atomic E-state index is 0.0383. The molecule has 3 heterocycles. The highest BCUT2D eigenvalue weighted by molar-refractivity contribution is 5.92. The molecule has 0 unspecified atom stereocenters. The number of hydrogen-bond acceptors (Lipinski definition) is 5. The van der Waals surface area contributed by atoms with E-state index in [2.05, 4.69) is 10.4 Å². The molecule has 1 saturated heterocycles. The molecule has 2 aromatic carbocycles. The van der Waals surface area contributed by atoms with Gasteiger partial charge in [0, 0.05) is 35.5 Å². The average Bonchev–Trinajstić information content (AvgIpc) is 3.35. The van der Waals surface area contributed by atoms with E-state index in [9.17, 15) is 13.6 Å². The predicted octanol–water partition coefficient (Wildman–Crippen LogP) is 5.26. The van der Waals surface area contributed by atoms with Crippen molar-refractivity contribution in [1.29, 1.82) is 0 Å². The smallest absolute Gasteiger partial charge is 0.414 e. The van der Waals surface area contributed by atoms with Crippen molar-refractivity contribution in [3.63, 3.8) is 0 Å². The van der Waals surface area contributed by atoms with Gasteiger partial charge in [0.2, 0.25) is 0 Å². The molecule has 2 aliphatic heterocycles. The number of halogens is 2. The van der Waals surface area contributed by atoms with Gasteiger partial charge in [-0.2, -0.15) is 5.10 Å². The number of nitrogens with one attached hydrogen (secondary N) is 1. The van der Waals surface area contributed by atoms with Crippen LogP contribution in [0.3, 0.4) is 0 Å². The molecule has 0 spiro atoms. The van der Waals surface area contributed by atoms with E-state index in [-0.39, 0.29) is 17.9 Å². The van der Waals surface area contributed by atoms with E-state index in [1.165, 1.54) is 19.2 Å². The molecule has 0 aliphatic carbocycles. The van der Waals surface area contributed by atoms with Crippen LogP contribution in [0.15, 0.2) is 48.8 Å². The number of ether oxygens (including phenoxy) is 2. The number of hydrogen-bond donors (Lipinski definition) is 1. The average molecular weight is 483 g/mol. The highest BCUT2D eigenvalue weighted by Crippen LogP contribution is 2.45. The molecule has 184 valence electrons. The van der Waals surface area contributed by atoms with Gasteiger partial charge < -0.3 is 14.8 Å². The second-order valence-corrected chi connectivity index (χ2v) is 9.01. The lowest BCUT2D eigenvalue weighted by atomic mass is 9.92. The highest BCUT2D eigenvalue weighted by atomic mass is 19.1.